The first-order valence-corrected chi connectivity index (χ1v) is 33.7. The minimum atomic E-state index is -0.840. The van der Waals surface area contributed by atoms with Crippen LogP contribution in [0.5, 0.6) is 0 Å². The highest BCUT2D eigenvalue weighted by Crippen LogP contribution is 2.36. The molecule has 0 aromatic heterocycles. The van der Waals surface area contributed by atoms with E-state index in [1.165, 1.54) is 0 Å². The lowest BCUT2D eigenvalue weighted by Gasteiger charge is -2.44. The fourth-order valence-corrected chi connectivity index (χ4v) is 8.82. The predicted molar refractivity (Wildman–Crippen MR) is 365 cm³/mol. The molecule has 434 valence electrons. The second-order valence-electron chi connectivity index (χ2n) is 24.5. The van der Waals surface area contributed by atoms with E-state index < -0.39 is 50.2 Å². The van der Waals surface area contributed by atoms with Gasteiger partial charge < -0.3 is 57.1 Å². The molecule has 0 aromatic carbocycles. The number of hydrogen-bond donors (Lipinski definition) is 0. The van der Waals surface area contributed by atoms with E-state index in [9.17, 15) is 19.2 Å². The van der Waals surface area contributed by atoms with Crippen molar-refractivity contribution >= 4 is 161 Å². The molecule has 0 bridgehead atoms. The Morgan fingerprint density at radius 1 is 0.329 bits per heavy atom. The van der Waals surface area contributed by atoms with Crippen molar-refractivity contribution in [3.63, 3.8) is 0 Å². The van der Waals surface area contributed by atoms with Crippen molar-refractivity contribution in [2.75, 3.05) is 52.9 Å². The Bertz CT molecular complexity index is 1600. The van der Waals surface area contributed by atoms with Gasteiger partial charge in [-0.1, -0.05) is 48.5 Å². The SMILES string of the molecule is BB(I)C(=O)CC(C)(CC)OCCC(C)(C)OCC(COC(C)(CC)CCOC(C)(CC)CC(=O)B(B)I)(COC(C)(CC)CCOC(C)(CC)CC(=O)B(B)I)COC(C)(CC)CCOC(C)(CC)CC(=O)B(B)I. The highest BCUT2D eigenvalue weighted by Gasteiger charge is 2.43. The van der Waals surface area contributed by atoms with E-state index in [2.05, 4.69) is 173 Å². The molecule has 0 saturated heterocycles. The van der Waals surface area contributed by atoms with Crippen molar-refractivity contribution in [2.45, 2.75) is 252 Å². The number of halogens is 4. The fourth-order valence-electron chi connectivity index (χ4n) is 7.94. The normalized spacial score (nSPS) is 18.5. The van der Waals surface area contributed by atoms with Crippen LogP contribution in [0.3, 0.4) is 0 Å². The van der Waals surface area contributed by atoms with E-state index in [-0.39, 0.29) is 67.0 Å². The molecule has 7 atom stereocenters. The Kier molecular flexibility index (Phi) is 36.8. The maximum atomic E-state index is 12.9. The third-order valence-corrected chi connectivity index (χ3v) is 19.3. The molecule has 0 saturated carbocycles. The zero-order valence-electron chi connectivity index (χ0n) is 51.5. The van der Waals surface area contributed by atoms with Gasteiger partial charge in [0.1, 0.15) is 0 Å². The Balaban J connectivity index is 7.42. The van der Waals surface area contributed by atoms with Crippen LogP contribution in [0.2, 0.25) is 0 Å². The van der Waals surface area contributed by atoms with Crippen LogP contribution in [0.4, 0.5) is 0 Å². The van der Waals surface area contributed by atoms with Gasteiger partial charge in [0.2, 0.25) is 0 Å². The quantitative estimate of drug-likeness (QED) is 0.0425. The van der Waals surface area contributed by atoms with Gasteiger partial charge in [-0.3, -0.25) is 0 Å². The minimum absolute atomic E-state index is 0.0946. The van der Waals surface area contributed by atoms with Crippen LogP contribution in [0.1, 0.15) is 207 Å². The first-order chi connectivity index (χ1) is 34.9. The lowest BCUT2D eigenvalue weighted by atomic mass is 9.51. The summed E-state index contributed by atoms with van der Waals surface area (Å²) >= 11 is 8.71. The smallest absolute Gasteiger partial charge is 0.255 e. The minimum Gasteiger partial charge on any atom is -0.375 e. The molecule has 0 rings (SSSR count). The molecule has 0 fully saturated rings. The molecular weight excluding hydrogens is 1410 g/mol. The van der Waals surface area contributed by atoms with Crippen molar-refractivity contribution in [1.82, 2.24) is 0 Å². The summed E-state index contributed by atoms with van der Waals surface area (Å²) in [5.74, 6) is 0. The highest BCUT2D eigenvalue weighted by atomic mass is 127. The Morgan fingerprint density at radius 3 is 0.724 bits per heavy atom. The summed E-state index contributed by atoms with van der Waals surface area (Å²) in [5, 5.41) is 0. The maximum Gasteiger partial charge on any atom is 0.255 e. The van der Waals surface area contributed by atoms with Crippen LogP contribution in [-0.4, -0.2) is 169 Å². The van der Waals surface area contributed by atoms with Gasteiger partial charge >= 0.3 is 0 Å². The van der Waals surface area contributed by atoms with Gasteiger partial charge in [0.25, 0.3) is 17.8 Å². The average molecular weight is 1510 g/mol. The largest absolute Gasteiger partial charge is 0.375 e. The summed E-state index contributed by atoms with van der Waals surface area (Å²) in [4.78, 5) is 51.6. The average Bonchev–Trinajstić information content (AvgIpc) is 3.35. The Labute approximate surface area is 523 Å². The number of hydrogen-bond acceptors (Lipinski definition) is 12. The lowest BCUT2D eigenvalue weighted by Crippen LogP contribution is -2.50. The van der Waals surface area contributed by atoms with Crippen LogP contribution in [0, 0.1) is 5.41 Å². The van der Waals surface area contributed by atoms with E-state index in [0.717, 1.165) is 0 Å². The summed E-state index contributed by atoms with van der Waals surface area (Å²) in [7, 11) is 7.69. The predicted octanol–water partition coefficient (Wildman–Crippen LogP) is 8.84. The molecular formula is C52H102B8I4O12. The number of carbonyl (C=O) groups is 4. The fraction of sp³-hybridized carbons (Fsp3) is 0.923. The molecule has 7 unspecified atom stereocenters. The second kappa shape index (κ2) is 35.9. The molecule has 0 amide bonds. The molecule has 0 aliphatic heterocycles. The number of carbonyl (C=O) groups excluding carboxylic acids is 4. The third-order valence-electron chi connectivity index (χ3n) is 16.6. The molecule has 76 heavy (non-hydrogen) atoms. The standard InChI is InChI=1S/C52H102B8I4O12/c1-17-45(10,25-29-70-49(14,21-5)33-41(66)58(54)62)74-37-52(36-73-44(8,9)24-28-69-48(13,20-4)32-40(65)57(53)61,38-75-46(11,18-2)26-30-71-50(15,22-6)34-42(67)59(55)63)39-76-47(12,19-3)27-31-72-51(16,23-7)35-43(68)60(56)64/h17-39,53-56H2,1-16H3. The van der Waals surface area contributed by atoms with Crippen molar-refractivity contribution in [3.05, 3.63) is 0 Å². The summed E-state index contributed by atoms with van der Waals surface area (Å²) in [6, 6.07) is 0. The van der Waals surface area contributed by atoms with E-state index in [1.54, 1.807) is 0 Å². The molecule has 0 aromatic rings. The van der Waals surface area contributed by atoms with E-state index in [4.69, 9.17) is 37.9 Å². The topological polar surface area (TPSA) is 142 Å². The van der Waals surface area contributed by atoms with Gasteiger partial charge in [-0.15, -0.1) is 89.5 Å². The van der Waals surface area contributed by atoms with Gasteiger partial charge in [-0.05, 0) is 133 Å². The zero-order valence-corrected chi connectivity index (χ0v) is 60.1. The van der Waals surface area contributed by atoms with E-state index in [0.29, 0.717) is 123 Å². The summed E-state index contributed by atoms with van der Waals surface area (Å²) < 4.78 is 54.6. The Morgan fingerprint density at radius 2 is 0.526 bits per heavy atom. The molecule has 0 aliphatic carbocycles. The molecule has 0 heterocycles. The lowest BCUT2D eigenvalue weighted by molar-refractivity contribution is -0.204. The molecule has 0 radical (unpaired) electrons. The van der Waals surface area contributed by atoms with Gasteiger partial charge in [0.05, 0.1) is 157 Å². The van der Waals surface area contributed by atoms with E-state index >= 15 is 0 Å². The van der Waals surface area contributed by atoms with Gasteiger partial charge in [-0.25, -0.2) is 0 Å². The summed E-state index contributed by atoms with van der Waals surface area (Å²) in [5.41, 5.74) is -4.97. The van der Waals surface area contributed by atoms with Gasteiger partial charge in [-0.2, -0.15) is 0 Å². The molecule has 0 aliphatic rings. The summed E-state index contributed by atoms with van der Waals surface area (Å²) in [6.07, 6.45) is 8.72. The van der Waals surface area contributed by atoms with Crippen LogP contribution in [-0.2, 0) is 57.1 Å². The second-order valence-corrected chi connectivity index (χ2v) is 31.9. The first-order valence-electron chi connectivity index (χ1n) is 28.7. The molecule has 0 N–H and O–H groups in total. The van der Waals surface area contributed by atoms with Crippen LogP contribution >= 0.6 is 89.5 Å². The Hall–Kier alpha value is 1.80. The van der Waals surface area contributed by atoms with Crippen LogP contribution < -0.4 is 0 Å². The van der Waals surface area contributed by atoms with Crippen molar-refractivity contribution in [2.24, 2.45) is 5.41 Å². The number of ether oxygens (including phenoxy) is 8. The van der Waals surface area contributed by atoms with Crippen molar-refractivity contribution < 1.29 is 57.1 Å². The van der Waals surface area contributed by atoms with Crippen LogP contribution in [0.15, 0.2) is 0 Å². The van der Waals surface area contributed by atoms with Crippen LogP contribution in [0.25, 0.3) is 0 Å². The molecule has 0 spiro atoms. The monoisotopic (exact) mass is 1510 g/mol. The number of rotatable bonds is 47. The first kappa shape index (κ1) is 77.8. The summed E-state index contributed by atoms with van der Waals surface area (Å²) in [6.45, 7) is 35.9. The van der Waals surface area contributed by atoms with Crippen molar-refractivity contribution in [1.29, 1.82) is 0 Å². The molecule has 12 nitrogen and oxygen atoms in total. The van der Waals surface area contributed by atoms with Gasteiger partial charge in [0.15, 0.2) is 0 Å². The van der Waals surface area contributed by atoms with E-state index in [1.807, 2.05) is 58.6 Å². The van der Waals surface area contributed by atoms with Gasteiger partial charge in [0, 0.05) is 25.7 Å². The highest BCUT2D eigenvalue weighted by molar-refractivity contribution is 14.1. The maximum absolute atomic E-state index is 12.9. The third kappa shape index (κ3) is 30.0. The zero-order chi connectivity index (χ0) is 59.0. The molecule has 24 heteroatoms. The van der Waals surface area contributed by atoms with Crippen molar-refractivity contribution in [3.8, 4) is 0 Å².